The predicted octanol–water partition coefficient (Wildman–Crippen LogP) is 15.5. The molecule has 4 aromatic heterocycles. The molecular formula is C54H32N2S. The van der Waals surface area contributed by atoms with Crippen LogP contribution >= 0.6 is 11.3 Å². The number of hydrogen-bond donors (Lipinski definition) is 1. The number of thiophene rings is 1. The van der Waals surface area contributed by atoms with Gasteiger partial charge in [0.05, 0.1) is 35.8 Å². The van der Waals surface area contributed by atoms with Crippen LogP contribution in [0.4, 0.5) is 0 Å². The van der Waals surface area contributed by atoms with E-state index in [-0.39, 0.29) is 22.3 Å². The van der Waals surface area contributed by atoms with Crippen LogP contribution in [0.25, 0.3) is 125 Å². The molecule has 13 rings (SSSR count). The maximum Gasteiger partial charge on any atom is 0.0629 e. The average molecular weight is 751 g/mol. The zero-order valence-corrected chi connectivity index (χ0v) is 30.8. The van der Waals surface area contributed by atoms with Crippen molar-refractivity contribution in [2.75, 3.05) is 0 Å². The fraction of sp³-hybridized carbons (Fsp3) is 0. The second-order valence-corrected chi connectivity index (χ2v) is 15.7. The number of H-pyrrole nitrogens is 1. The van der Waals surface area contributed by atoms with Gasteiger partial charge in [-0.2, -0.15) is 0 Å². The van der Waals surface area contributed by atoms with Crippen LogP contribution in [0.3, 0.4) is 0 Å². The van der Waals surface area contributed by atoms with Gasteiger partial charge in [0.1, 0.15) is 0 Å². The molecule has 0 bridgehead atoms. The summed E-state index contributed by atoms with van der Waals surface area (Å²) in [6, 6.07) is 38.9. The minimum atomic E-state index is -0.528. The van der Waals surface area contributed by atoms with Crippen LogP contribution in [0.2, 0.25) is 0 Å². The Labute approximate surface area is 345 Å². The molecule has 0 unspecified atom stereocenters. The summed E-state index contributed by atoms with van der Waals surface area (Å²) < 4.78 is 90.2. The van der Waals surface area contributed by atoms with Crippen molar-refractivity contribution in [3.05, 3.63) is 188 Å². The van der Waals surface area contributed by atoms with Crippen LogP contribution < -0.4 is 0 Å². The molecule has 0 atom stereocenters. The first-order valence-electron chi connectivity index (χ1n) is 23.8. The van der Waals surface area contributed by atoms with Crippen molar-refractivity contribution in [2.45, 2.75) is 0 Å². The Hall–Kier alpha value is -7.20. The van der Waals surface area contributed by atoms with E-state index in [0.29, 0.717) is 11.1 Å². The van der Waals surface area contributed by atoms with E-state index in [1.54, 1.807) is 23.5 Å². The summed E-state index contributed by atoms with van der Waals surface area (Å²) in [7, 11) is 0. The first-order valence-corrected chi connectivity index (χ1v) is 19.6. The molecule has 9 aromatic carbocycles. The first kappa shape index (κ1) is 23.0. The minimum absolute atomic E-state index is 0.0559. The number of nitrogens with zero attached hydrogens (tertiary/aromatic N) is 1. The van der Waals surface area contributed by atoms with E-state index >= 15 is 0 Å². The third-order valence-corrected chi connectivity index (χ3v) is 12.8. The van der Waals surface area contributed by atoms with Gasteiger partial charge in [0.2, 0.25) is 0 Å². The van der Waals surface area contributed by atoms with E-state index in [1.165, 1.54) is 48.7 Å². The lowest BCUT2D eigenvalue weighted by Gasteiger charge is -2.12. The summed E-state index contributed by atoms with van der Waals surface area (Å²) in [5, 5.41) is 9.40. The van der Waals surface area contributed by atoms with Gasteiger partial charge >= 0.3 is 0 Å². The summed E-state index contributed by atoms with van der Waals surface area (Å²) in [5.74, 6) is 0. The van der Waals surface area contributed by atoms with Crippen molar-refractivity contribution in [3.63, 3.8) is 0 Å². The van der Waals surface area contributed by atoms with E-state index in [4.69, 9.17) is 13.7 Å². The fourth-order valence-electron chi connectivity index (χ4n) is 9.11. The minimum Gasteiger partial charge on any atom is -0.354 e. The van der Waals surface area contributed by atoms with Crippen molar-refractivity contribution >= 4 is 91.4 Å². The highest BCUT2D eigenvalue weighted by atomic mass is 32.1. The van der Waals surface area contributed by atoms with Crippen LogP contribution in [0, 0.1) is 0 Å². The summed E-state index contributed by atoms with van der Waals surface area (Å²) in [6.07, 6.45) is 0. The Bertz CT molecular complexity index is 4190. The maximum absolute atomic E-state index is 8.82. The second kappa shape index (κ2) is 11.7. The molecule has 3 heteroatoms. The highest BCUT2D eigenvalue weighted by molar-refractivity contribution is 7.26. The molecule has 0 amide bonds. The zero-order chi connectivity index (χ0) is 45.9. The molecule has 0 fully saturated rings. The monoisotopic (exact) mass is 750 g/mol. The van der Waals surface area contributed by atoms with Gasteiger partial charge in [-0.15, -0.1) is 11.3 Å². The molecule has 0 aliphatic rings. The van der Waals surface area contributed by atoms with Crippen LogP contribution in [0.15, 0.2) is 188 Å². The number of fused-ring (bicyclic) bond motifs is 12. The van der Waals surface area contributed by atoms with E-state index in [0.717, 1.165) is 48.5 Å². The predicted molar refractivity (Wildman–Crippen MR) is 245 cm³/mol. The largest absolute Gasteiger partial charge is 0.354 e. The van der Waals surface area contributed by atoms with Gasteiger partial charge in [0.15, 0.2) is 0 Å². The molecule has 57 heavy (non-hydrogen) atoms. The first-order chi connectivity index (χ1) is 32.4. The quantitative estimate of drug-likeness (QED) is 0.185. The summed E-state index contributed by atoms with van der Waals surface area (Å²) in [4.78, 5) is 3.88. The van der Waals surface area contributed by atoms with E-state index in [1.807, 2.05) is 12.1 Å². The van der Waals surface area contributed by atoms with Gasteiger partial charge in [0.25, 0.3) is 0 Å². The van der Waals surface area contributed by atoms with Gasteiger partial charge in [-0.1, -0.05) is 139 Å². The number of nitrogens with one attached hydrogen (secondary N) is 1. The Morgan fingerprint density at radius 3 is 1.77 bits per heavy atom. The van der Waals surface area contributed by atoms with Crippen LogP contribution in [0.5, 0.6) is 0 Å². The number of aromatic amines is 1. The molecule has 4 heterocycles. The van der Waals surface area contributed by atoms with Gasteiger partial charge in [0, 0.05) is 63.6 Å². The molecular weight excluding hydrogens is 709 g/mol. The summed E-state index contributed by atoms with van der Waals surface area (Å²) in [6.45, 7) is 0. The van der Waals surface area contributed by atoms with Crippen molar-refractivity contribution in [1.82, 2.24) is 9.38 Å². The molecule has 0 saturated carbocycles. The Morgan fingerprint density at radius 2 is 1.04 bits per heavy atom. The standard InChI is InChI=1S/C54H32N2S/c1-3-12-32(13-4-1)36-26-37(33-14-5-2-6-15-33)28-38(27-36)34-22-24-35(25-23-34)51-52-45(29-46-40-17-8-10-21-50(40)57-54(46)51)43-31-49-44(30-47(43)55-52)42-19-11-18-41-39-16-7-9-20-48(39)56(49)53(41)42/h1-31,55H/i1D,2D,3D,4D,5D,6D,12D,13D,14D,15D. The smallest absolute Gasteiger partial charge is 0.0629 e. The van der Waals surface area contributed by atoms with Crippen molar-refractivity contribution in [1.29, 1.82) is 0 Å². The summed E-state index contributed by atoms with van der Waals surface area (Å²) in [5.41, 5.74) is 9.26. The third-order valence-electron chi connectivity index (χ3n) is 11.6. The molecule has 0 saturated heterocycles. The Kier molecular flexibility index (Phi) is 4.70. The van der Waals surface area contributed by atoms with Crippen molar-refractivity contribution in [3.8, 4) is 44.5 Å². The SMILES string of the molecule is [2H]c1c([2H])c([2H])c(-c2cc(-c3ccc(-c4c5[nH]c6cc7c8cccc9c%10ccccc%10n(c7cc6c5cc5c4sc4ccccc45)c98)cc3)cc(-c3c([2H])c([2H])c([2H])c([2H])c3[2H])c2)c([2H])c1[2H]. The summed E-state index contributed by atoms with van der Waals surface area (Å²) >= 11 is 1.75. The van der Waals surface area contributed by atoms with Gasteiger partial charge < -0.3 is 9.38 Å². The molecule has 0 radical (unpaired) electrons. The molecule has 264 valence electrons. The van der Waals surface area contributed by atoms with E-state index in [2.05, 4.69) is 106 Å². The lowest BCUT2D eigenvalue weighted by atomic mass is 9.92. The molecule has 0 spiro atoms. The number of hydrogen-bond acceptors (Lipinski definition) is 1. The normalized spacial score (nSPS) is 14.7. The lowest BCUT2D eigenvalue weighted by molar-refractivity contribution is 1.37. The van der Waals surface area contributed by atoms with Crippen molar-refractivity contribution < 1.29 is 13.7 Å². The van der Waals surface area contributed by atoms with E-state index in [9.17, 15) is 0 Å². The Balaban J connectivity index is 1.04. The van der Waals surface area contributed by atoms with Crippen LogP contribution in [0.1, 0.15) is 13.7 Å². The van der Waals surface area contributed by atoms with Gasteiger partial charge in [-0.3, -0.25) is 0 Å². The van der Waals surface area contributed by atoms with Crippen LogP contribution in [-0.2, 0) is 0 Å². The van der Waals surface area contributed by atoms with Gasteiger partial charge in [-0.05, 0) is 87.5 Å². The topological polar surface area (TPSA) is 20.2 Å². The van der Waals surface area contributed by atoms with Gasteiger partial charge in [-0.25, -0.2) is 0 Å². The molecule has 13 aromatic rings. The molecule has 0 aliphatic heterocycles. The fourth-order valence-corrected chi connectivity index (χ4v) is 10.4. The number of para-hydroxylation sites is 2. The molecule has 1 N–H and O–H groups in total. The number of rotatable bonds is 4. The third kappa shape index (κ3) is 4.46. The van der Waals surface area contributed by atoms with E-state index < -0.39 is 60.4 Å². The van der Waals surface area contributed by atoms with Crippen LogP contribution in [-0.4, -0.2) is 9.38 Å². The molecule has 2 nitrogen and oxygen atoms in total. The maximum atomic E-state index is 8.82. The zero-order valence-electron chi connectivity index (χ0n) is 40.0. The molecule has 0 aliphatic carbocycles. The average Bonchev–Trinajstić information content (AvgIpc) is 4.09. The second-order valence-electron chi connectivity index (χ2n) is 14.6. The lowest BCUT2D eigenvalue weighted by Crippen LogP contribution is -1.87. The Morgan fingerprint density at radius 1 is 0.421 bits per heavy atom. The number of aromatic nitrogens is 2. The number of benzene rings is 9. The van der Waals surface area contributed by atoms with Crippen molar-refractivity contribution in [2.24, 2.45) is 0 Å². The highest BCUT2D eigenvalue weighted by Gasteiger charge is 2.22. The highest BCUT2D eigenvalue weighted by Crippen LogP contribution is 2.48.